The standard InChI is InChI=1S/C11H17N3O3/c1-7(2)14(4-5-15)11-12-6-9(10(16)17)8(3)13-11/h6-7,15H,4-5H2,1-3H3,(H,16,17). The Bertz CT molecular complexity index is 407. The highest BCUT2D eigenvalue weighted by Crippen LogP contribution is 2.13. The monoisotopic (exact) mass is 239 g/mol. The highest BCUT2D eigenvalue weighted by molar-refractivity contribution is 5.88. The van der Waals surface area contributed by atoms with E-state index in [-0.39, 0.29) is 18.2 Å². The zero-order valence-electron chi connectivity index (χ0n) is 10.2. The van der Waals surface area contributed by atoms with Crippen molar-refractivity contribution in [3.63, 3.8) is 0 Å². The molecule has 94 valence electrons. The Balaban J connectivity index is 3.06. The van der Waals surface area contributed by atoms with Crippen LogP contribution in [-0.4, -0.2) is 45.3 Å². The first-order chi connectivity index (χ1) is 7.97. The number of hydrogen-bond donors (Lipinski definition) is 2. The summed E-state index contributed by atoms with van der Waals surface area (Å²) in [5, 5.41) is 17.8. The number of hydrogen-bond acceptors (Lipinski definition) is 5. The molecule has 0 aromatic carbocycles. The fraction of sp³-hybridized carbons (Fsp3) is 0.545. The molecule has 1 rings (SSSR count). The van der Waals surface area contributed by atoms with Crippen LogP contribution in [0.25, 0.3) is 0 Å². The fourth-order valence-electron chi connectivity index (χ4n) is 1.50. The Hall–Kier alpha value is -1.69. The van der Waals surface area contributed by atoms with Crippen molar-refractivity contribution in [3.05, 3.63) is 17.5 Å². The third-order valence-electron chi connectivity index (χ3n) is 2.42. The number of aryl methyl sites for hydroxylation is 1. The van der Waals surface area contributed by atoms with Gasteiger partial charge in [-0.1, -0.05) is 0 Å². The lowest BCUT2D eigenvalue weighted by atomic mass is 10.2. The number of anilines is 1. The number of carbonyl (C=O) groups is 1. The lowest BCUT2D eigenvalue weighted by Crippen LogP contribution is -2.35. The third kappa shape index (κ3) is 3.13. The molecule has 0 bridgehead atoms. The molecule has 1 aromatic heterocycles. The summed E-state index contributed by atoms with van der Waals surface area (Å²) in [5.41, 5.74) is 0.521. The molecule has 0 saturated heterocycles. The van der Waals surface area contributed by atoms with Gasteiger partial charge in [0, 0.05) is 18.8 Å². The number of nitrogens with zero attached hydrogens (tertiary/aromatic N) is 3. The Labute approximate surface area is 99.9 Å². The normalized spacial score (nSPS) is 10.6. The summed E-state index contributed by atoms with van der Waals surface area (Å²) in [4.78, 5) is 20.8. The topological polar surface area (TPSA) is 86.5 Å². The van der Waals surface area contributed by atoms with Crippen molar-refractivity contribution >= 4 is 11.9 Å². The highest BCUT2D eigenvalue weighted by Gasteiger charge is 2.16. The van der Waals surface area contributed by atoms with Crippen molar-refractivity contribution in [1.29, 1.82) is 0 Å². The molecule has 2 N–H and O–H groups in total. The minimum absolute atomic E-state index is 0.00126. The number of carboxylic acids is 1. The van der Waals surface area contributed by atoms with Crippen LogP contribution in [0.1, 0.15) is 29.9 Å². The first kappa shape index (κ1) is 13.4. The molecule has 0 amide bonds. The van der Waals surface area contributed by atoms with Crippen molar-refractivity contribution < 1.29 is 15.0 Å². The average molecular weight is 239 g/mol. The molecule has 0 radical (unpaired) electrons. The molecular weight excluding hydrogens is 222 g/mol. The van der Waals surface area contributed by atoms with E-state index in [2.05, 4.69) is 9.97 Å². The second-order valence-corrected chi connectivity index (χ2v) is 3.98. The summed E-state index contributed by atoms with van der Waals surface area (Å²) in [6.07, 6.45) is 1.30. The zero-order valence-corrected chi connectivity index (χ0v) is 10.2. The van der Waals surface area contributed by atoms with Gasteiger partial charge in [-0.3, -0.25) is 0 Å². The number of aliphatic hydroxyl groups excluding tert-OH is 1. The van der Waals surface area contributed by atoms with Crippen LogP contribution >= 0.6 is 0 Å². The van der Waals surface area contributed by atoms with Gasteiger partial charge in [0.15, 0.2) is 0 Å². The molecule has 6 nitrogen and oxygen atoms in total. The fourth-order valence-corrected chi connectivity index (χ4v) is 1.50. The molecule has 0 aliphatic rings. The molecule has 1 heterocycles. The predicted octanol–water partition coefficient (Wildman–Crippen LogP) is 0.690. The van der Waals surface area contributed by atoms with E-state index < -0.39 is 5.97 Å². The van der Waals surface area contributed by atoms with Crippen LogP contribution in [0.15, 0.2) is 6.20 Å². The van der Waals surface area contributed by atoms with Crippen LogP contribution in [0.3, 0.4) is 0 Å². The maximum Gasteiger partial charge on any atom is 0.339 e. The molecule has 0 atom stereocenters. The molecule has 0 unspecified atom stereocenters. The minimum Gasteiger partial charge on any atom is -0.478 e. The van der Waals surface area contributed by atoms with E-state index in [1.54, 1.807) is 6.92 Å². The van der Waals surface area contributed by atoms with Gasteiger partial charge in [0.2, 0.25) is 5.95 Å². The molecule has 17 heavy (non-hydrogen) atoms. The van der Waals surface area contributed by atoms with Gasteiger partial charge in [-0.15, -0.1) is 0 Å². The van der Waals surface area contributed by atoms with Crippen LogP contribution in [0.2, 0.25) is 0 Å². The van der Waals surface area contributed by atoms with E-state index >= 15 is 0 Å². The first-order valence-corrected chi connectivity index (χ1v) is 5.41. The van der Waals surface area contributed by atoms with Gasteiger partial charge in [-0.2, -0.15) is 0 Å². The van der Waals surface area contributed by atoms with E-state index in [9.17, 15) is 4.79 Å². The van der Waals surface area contributed by atoms with Gasteiger partial charge >= 0.3 is 5.97 Å². The molecule has 1 aromatic rings. The maximum absolute atomic E-state index is 10.8. The third-order valence-corrected chi connectivity index (χ3v) is 2.42. The largest absolute Gasteiger partial charge is 0.478 e. The smallest absolute Gasteiger partial charge is 0.339 e. The van der Waals surface area contributed by atoms with Crippen LogP contribution in [0.5, 0.6) is 0 Å². The second kappa shape index (κ2) is 5.58. The van der Waals surface area contributed by atoms with Gasteiger partial charge in [0.05, 0.1) is 17.9 Å². The number of aliphatic hydroxyl groups is 1. The Morgan fingerprint density at radius 1 is 1.53 bits per heavy atom. The summed E-state index contributed by atoms with van der Waals surface area (Å²) in [6, 6.07) is 0.136. The van der Waals surface area contributed by atoms with Gasteiger partial charge in [-0.05, 0) is 20.8 Å². The Morgan fingerprint density at radius 3 is 2.59 bits per heavy atom. The molecule has 0 fully saturated rings. The quantitative estimate of drug-likeness (QED) is 0.786. The Kier molecular flexibility index (Phi) is 4.39. The van der Waals surface area contributed by atoms with Crippen molar-refractivity contribution in [1.82, 2.24) is 9.97 Å². The molecule has 0 aliphatic carbocycles. The van der Waals surface area contributed by atoms with Gasteiger partial charge in [-0.25, -0.2) is 14.8 Å². The number of carboxylic acid groups (broad SMARTS) is 1. The summed E-state index contributed by atoms with van der Waals surface area (Å²) in [7, 11) is 0. The first-order valence-electron chi connectivity index (χ1n) is 5.41. The highest BCUT2D eigenvalue weighted by atomic mass is 16.4. The predicted molar refractivity (Wildman–Crippen MR) is 63.3 cm³/mol. The van der Waals surface area contributed by atoms with E-state index in [4.69, 9.17) is 10.2 Å². The lowest BCUT2D eigenvalue weighted by Gasteiger charge is -2.26. The van der Waals surface area contributed by atoms with Gasteiger partial charge in [0.25, 0.3) is 0 Å². The average Bonchev–Trinajstić information content (AvgIpc) is 2.24. The van der Waals surface area contributed by atoms with Crippen LogP contribution < -0.4 is 4.90 Å². The van der Waals surface area contributed by atoms with E-state index in [1.165, 1.54) is 6.20 Å². The van der Waals surface area contributed by atoms with E-state index in [1.807, 2.05) is 18.7 Å². The molecule has 0 saturated carbocycles. The number of rotatable bonds is 5. The van der Waals surface area contributed by atoms with Crippen molar-refractivity contribution in [2.24, 2.45) is 0 Å². The second-order valence-electron chi connectivity index (χ2n) is 3.98. The SMILES string of the molecule is Cc1nc(N(CCO)C(C)C)ncc1C(=O)O. The van der Waals surface area contributed by atoms with Gasteiger partial charge in [0.1, 0.15) is 0 Å². The molecule has 0 aliphatic heterocycles. The van der Waals surface area contributed by atoms with Gasteiger partial charge < -0.3 is 15.1 Å². The van der Waals surface area contributed by atoms with Crippen LogP contribution in [-0.2, 0) is 0 Å². The maximum atomic E-state index is 10.8. The summed E-state index contributed by atoms with van der Waals surface area (Å²) < 4.78 is 0. The van der Waals surface area contributed by atoms with Crippen molar-refractivity contribution in [2.45, 2.75) is 26.8 Å². The van der Waals surface area contributed by atoms with Crippen LogP contribution in [0, 0.1) is 6.92 Å². The van der Waals surface area contributed by atoms with Crippen LogP contribution in [0.4, 0.5) is 5.95 Å². The summed E-state index contributed by atoms with van der Waals surface area (Å²) in [5.74, 6) is -0.594. The Morgan fingerprint density at radius 2 is 2.18 bits per heavy atom. The van der Waals surface area contributed by atoms with Crippen molar-refractivity contribution in [2.75, 3.05) is 18.1 Å². The molecule has 6 heteroatoms. The number of aromatic nitrogens is 2. The summed E-state index contributed by atoms with van der Waals surface area (Å²) >= 11 is 0. The molecular formula is C11H17N3O3. The lowest BCUT2D eigenvalue weighted by molar-refractivity contribution is 0.0695. The number of aromatic carboxylic acids is 1. The van der Waals surface area contributed by atoms with Crippen molar-refractivity contribution in [3.8, 4) is 0 Å². The summed E-state index contributed by atoms with van der Waals surface area (Å²) in [6.45, 7) is 5.97. The minimum atomic E-state index is -1.03. The zero-order chi connectivity index (χ0) is 13.0. The van der Waals surface area contributed by atoms with E-state index in [0.717, 1.165) is 0 Å². The molecule has 0 spiro atoms. The van der Waals surface area contributed by atoms with E-state index in [0.29, 0.717) is 18.2 Å².